The molecular formula is C14H19NO2. The second kappa shape index (κ2) is 6.86. The molecule has 0 fully saturated rings. The summed E-state index contributed by atoms with van der Waals surface area (Å²) >= 11 is 0. The molecule has 0 bridgehead atoms. The van der Waals surface area contributed by atoms with E-state index in [2.05, 4.69) is 21.8 Å². The second-order valence-corrected chi connectivity index (χ2v) is 4.02. The van der Waals surface area contributed by atoms with Crippen LogP contribution in [0.2, 0.25) is 0 Å². The summed E-state index contributed by atoms with van der Waals surface area (Å²) in [6.45, 7) is 2.90. The van der Waals surface area contributed by atoms with Crippen molar-refractivity contribution in [3.63, 3.8) is 0 Å². The van der Waals surface area contributed by atoms with Crippen molar-refractivity contribution in [2.75, 3.05) is 14.2 Å². The first-order chi connectivity index (χ1) is 8.13. The van der Waals surface area contributed by atoms with Crippen LogP contribution < -0.4 is 0 Å². The summed E-state index contributed by atoms with van der Waals surface area (Å²) < 4.78 is 4.55. The molecule has 1 aromatic carbocycles. The van der Waals surface area contributed by atoms with Crippen molar-refractivity contribution in [3.8, 4) is 0 Å². The SMILES string of the molecule is COC(=O)/C=C/C(C)N(C)Cc1ccccc1. The number of hydrogen-bond donors (Lipinski definition) is 0. The molecule has 92 valence electrons. The van der Waals surface area contributed by atoms with E-state index in [1.165, 1.54) is 18.7 Å². The number of esters is 1. The second-order valence-electron chi connectivity index (χ2n) is 4.02. The molecule has 0 amide bonds. The minimum absolute atomic E-state index is 0.189. The summed E-state index contributed by atoms with van der Waals surface area (Å²) in [6, 6.07) is 10.4. The molecule has 0 N–H and O–H groups in total. The minimum Gasteiger partial charge on any atom is -0.466 e. The third kappa shape index (κ3) is 4.83. The van der Waals surface area contributed by atoms with Gasteiger partial charge in [0.2, 0.25) is 0 Å². The quantitative estimate of drug-likeness (QED) is 0.577. The predicted octanol–water partition coefficient (Wildman–Crippen LogP) is 2.24. The number of carbonyl (C=O) groups is 1. The van der Waals surface area contributed by atoms with Crippen LogP contribution in [-0.4, -0.2) is 31.1 Å². The van der Waals surface area contributed by atoms with Gasteiger partial charge in [-0.25, -0.2) is 4.79 Å². The maximum Gasteiger partial charge on any atom is 0.330 e. The van der Waals surface area contributed by atoms with Gasteiger partial charge in [0.15, 0.2) is 0 Å². The highest BCUT2D eigenvalue weighted by atomic mass is 16.5. The summed E-state index contributed by atoms with van der Waals surface area (Å²) in [7, 11) is 3.41. The van der Waals surface area contributed by atoms with Gasteiger partial charge in [0.05, 0.1) is 7.11 Å². The van der Waals surface area contributed by atoms with Crippen LogP contribution in [0.15, 0.2) is 42.5 Å². The zero-order chi connectivity index (χ0) is 12.7. The molecule has 1 rings (SSSR count). The number of carbonyl (C=O) groups excluding carboxylic acids is 1. The van der Waals surface area contributed by atoms with E-state index in [0.717, 1.165) is 6.54 Å². The zero-order valence-corrected chi connectivity index (χ0v) is 10.6. The summed E-state index contributed by atoms with van der Waals surface area (Å²) in [5.74, 6) is -0.315. The Morgan fingerprint density at radius 3 is 2.65 bits per heavy atom. The normalized spacial score (nSPS) is 12.9. The third-order valence-corrected chi connectivity index (χ3v) is 2.68. The van der Waals surface area contributed by atoms with Crippen LogP contribution in [0.25, 0.3) is 0 Å². The highest BCUT2D eigenvalue weighted by molar-refractivity contribution is 5.81. The first-order valence-electron chi connectivity index (χ1n) is 5.64. The Labute approximate surface area is 103 Å². The van der Waals surface area contributed by atoms with Gasteiger partial charge in [-0.1, -0.05) is 36.4 Å². The topological polar surface area (TPSA) is 29.5 Å². The first-order valence-corrected chi connectivity index (χ1v) is 5.64. The highest BCUT2D eigenvalue weighted by Crippen LogP contribution is 2.06. The van der Waals surface area contributed by atoms with Crippen molar-refractivity contribution < 1.29 is 9.53 Å². The lowest BCUT2D eigenvalue weighted by Gasteiger charge is -2.21. The van der Waals surface area contributed by atoms with Crippen LogP contribution >= 0.6 is 0 Å². The lowest BCUT2D eigenvalue weighted by atomic mass is 10.2. The molecule has 1 aromatic rings. The molecule has 0 aromatic heterocycles. The highest BCUT2D eigenvalue weighted by Gasteiger charge is 2.06. The Kier molecular flexibility index (Phi) is 5.43. The number of rotatable bonds is 5. The van der Waals surface area contributed by atoms with E-state index in [1.54, 1.807) is 0 Å². The Morgan fingerprint density at radius 2 is 2.06 bits per heavy atom. The lowest BCUT2D eigenvalue weighted by molar-refractivity contribution is -0.134. The molecule has 17 heavy (non-hydrogen) atoms. The van der Waals surface area contributed by atoms with Crippen LogP contribution in [0, 0.1) is 0 Å². The fourth-order valence-corrected chi connectivity index (χ4v) is 1.45. The van der Waals surface area contributed by atoms with E-state index >= 15 is 0 Å². The molecule has 0 saturated carbocycles. The van der Waals surface area contributed by atoms with Crippen LogP contribution in [0.1, 0.15) is 12.5 Å². The lowest BCUT2D eigenvalue weighted by Crippen LogP contribution is -2.26. The molecule has 0 heterocycles. The molecule has 0 radical (unpaired) electrons. The van der Waals surface area contributed by atoms with Gasteiger partial charge in [0.25, 0.3) is 0 Å². The maximum absolute atomic E-state index is 11.0. The van der Waals surface area contributed by atoms with Gasteiger partial charge in [0.1, 0.15) is 0 Å². The Balaban J connectivity index is 2.50. The average molecular weight is 233 g/mol. The third-order valence-electron chi connectivity index (χ3n) is 2.68. The van der Waals surface area contributed by atoms with Crippen molar-refractivity contribution in [3.05, 3.63) is 48.0 Å². The van der Waals surface area contributed by atoms with E-state index in [4.69, 9.17) is 0 Å². The van der Waals surface area contributed by atoms with Crippen molar-refractivity contribution in [2.24, 2.45) is 0 Å². The molecule has 0 spiro atoms. The van der Waals surface area contributed by atoms with Crippen LogP contribution in [0.3, 0.4) is 0 Å². The number of nitrogens with zero attached hydrogens (tertiary/aromatic N) is 1. The fraction of sp³-hybridized carbons (Fsp3) is 0.357. The Morgan fingerprint density at radius 1 is 1.41 bits per heavy atom. The molecule has 0 aliphatic rings. The Hall–Kier alpha value is -1.61. The predicted molar refractivity (Wildman–Crippen MR) is 68.5 cm³/mol. The van der Waals surface area contributed by atoms with Gasteiger partial charge in [-0.3, -0.25) is 4.90 Å². The maximum atomic E-state index is 11.0. The average Bonchev–Trinajstić information content (AvgIpc) is 2.36. The zero-order valence-electron chi connectivity index (χ0n) is 10.6. The summed E-state index contributed by atoms with van der Waals surface area (Å²) in [5.41, 5.74) is 1.26. The molecule has 0 saturated heterocycles. The van der Waals surface area contributed by atoms with Crippen LogP contribution in [0.4, 0.5) is 0 Å². The Bertz CT molecular complexity index is 373. The van der Waals surface area contributed by atoms with Gasteiger partial charge < -0.3 is 4.74 Å². The monoisotopic (exact) mass is 233 g/mol. The van der Waals surface area contributed by atoms with Crippen molar-refractivity contribution in [2.45, 2.75) is 19.5 Å². The number of ether oxygens (including phenoxy) is 1. The van der Waals surface area contributed by atoms with Gasteiger partial charge in [-0.15, -0.1) is 0 Å². The van der Waals surface area contributed by atoms with Crippen molar-refractivity contribution in [1.29, 1.82) is 0 Å². The molecule has 0 aliphatic carbocycles. The van der Waals surface area contributed by atoms with Crippen LogP contribution in [-0.2, 0) is 16.1 Å². The summed E-state index contributed by atoms with van der Waals surface area (Å²) in [6.07, 6.45) is 3.31. The van der Waals surface area contributed by atoms with E-state index < -0.39 is 0 Å². The molecule has 3 heteroatoms. The van der Waals surface area contributed by atoms with Gasteiger partial charge in [0, 0.05) is 18.7 Å². The van der Waals surface area contributed by atoms with Gasteiger partial charge in [-0.2, -0.15) is 0 Å². The van der Waals surface area contributed by atoms with Crippen molar-refractivity contribution in [1.82, 2.24) is 4.90 Å². The van der Waals surface area contributed by atoms with Gasteiger partial charge >= 0.3 is 5.97 Å². The molecule has 0 aliphatic heterocycles. The first kappa shape index (κ1) is 13.5. The minimum atomic E-state index is -0.315. The van der Waals surface area contributed by atoms with Crippen molar-refractivity contribution >= 4 is 5.97 Å². The number of likely N-dealkylation sites (N-methyl/N-ethyl adjacent to an activating group) is 1. The van der Waals surface area contributed by atoms with E-state index in [-0.39, 0.29) is 12.0 Å². The largest absolute Gasteiger partial charge is 0.466 e. The van der Waals surface area contributed by atoms with E-state index in [9.17, 15) is 4.79 Å². The standard InChI is InChI=1S/C14H19NO2/c1-12(9-10-14(16)17-3)15(2)11-13-7-5-4-6-8-13/h4-10,12H,11H2,1-3H3/b10-9+. The number of methoxy groups -OCH3 is 1. The molecule has 1 atom stereocenters. The number of hydrogen-bond acceptors (Lipinski definition) is 3. The number of benzene rings is 1. The molecule has 1 unspecified atom stereocenters. The molecular weight excluding hydrogens is 214 g/mol. The van der Waals surface area contributed by atoms with Gasteiger partial charge in [-0.05, 0) is 19.5 Å². The smallest absolute Gasteiger partial charge is 0.330 e. The van der Waals surface area contributed by atoms with Crippen LogP contribution in [0.5, 0.6) is 0 Å². The van der Waals surface area contributed by atoms with E-state index in [0.29, 0.717) is 0 Å². The summed E-state index contributed by atoms with van der Waals surface area (Å²) in [4.78, 5) is 13.1. The van der Waals surface area contributed by atoms with E-state index in [1.807, 2.05) is 38.2 Å². The summed E-state index contributed by atoms with van der Waals surface area (Å²) in [5, 5.41) is 0. The fourth-order valence-electron chi connectivity index (χ4n) is 1.45. The molecule has 3 nitrogen and oxygen atoms in total.